The lowest BCUT2D eigenvalue weighted by atomic mass is 9.86. The second-order valence-corrected chi connectivity index (χ2v) is 9.90. The van der Waals surface area contributed by atoms with Crippen molar-refractivity contribution in [2.24, 2.45) is 0 Å². The Labute approximate surface area is 197 Å². The van der Waals surface area contributed by atoms with Gasteiger partial charge in [0.05, 0.1) is 11.1 Å². The summed E-state index contributed by atoms with van der Waals surface area (Å²) in [5.74, 6) is -0.0761. The molecule has 6 nitrogen and oxygen atoms in total. The van der Waals surface area contributed by atoms with Crippen LogP contribution in [0, 0.1) is 6.92 Å². The molecule has 1 aromatic carbocycles. The number of nitrogens with one attached hydrogen (secondary N) is 3. The Morgan fingerprint density at radius 3 is 2.81 bits per heavy atom. The number of fused-ring (bicyclic) bond motifs is 2. The Kier molecular flexibility index (Phi) is 5.95. The summed E-state index contributed by atoms with van der Waals surface area (Å²) in [6.07, 6.45) is 6.14. The van der Waals surface area contributed by atoms with E-state index in [1.807, 2.05) is 25.1 Å². The van der Waals surface area contributed by atoms with Gasteiger partial charge in [-0.2, -0.15) is 0 Å². The van der Waals surface area contributed by atoms with Crippen molar-refractivity contribution in [2.75, 3.05) is 31.5 Å². The Hall–Kier alpha value is -2.38. The molecule has 1 aliphatic carbocycles. The largest absolute Gasteiger partial charge is 0.358 e. The Morgan fingerprint density at radius 1 is 1.19 bits per heavy atom. The van der Waals surface area contributed by atoms with Gasteiger partial charge in [0.15, 0.2) is 0 Å². The molecule has 2 aliphatic heterocycles. The highest BCUT2D eigenvalue weighted by molar-refractivity contribution is 9.10. The van der Waals surface area contributed by atoms with Gasteiger partial charge in [-0.1, -0.05) is 15.9 Å². The van der Waals surface area contributed by atoms with Crippen LogP contribution in [0.1, 0.15) is 65.0 Å². The van der Waals surface area contributed by atoms with Crippen LogP contribution >= 0.6 is 15.9 Å². The van der Waals surface area contributed by atoms with Crippen LogP contribution in [-0.4, -0.2) is 47.9 Å². The molecule has 5 rings (SSSR count). The number of anilines is 1. The standard InChI is InChI=1S/C25H29BrN4O2/c1-15-21(24(31)27-10-5-13-30-11-2-3-12-30)17-6-4-7-18(23(17)28-15)22-19-14-16(26)8-9-20(19)29-25(22)32/h8-9,14,28H,2-7,10-13H2,1H3,(H,27,31)(H,29,32). The van der Waals surface area contributed by atoms with Crippen molar-refractivity contribution in [2.45, 2.75) is 45.4 Å². The number of halogens is 1. The number of carbonyl (C=O) groups is 2. The smallest absolute Gasteiger partial charge is 0.256 e. The van der Waals surface area contributed by atoms with Gasteiger partial charge in [-0.25, -0.2) is 0 Å². The Bertz CT molecular complexity index is 1110. The summed E-state index contributed by atoms with van der Waals surface area (Å²) in [5, 5.41) is 6.12. The molecule has 3 heterocycles. The number of hydrogen-bond donors (Lipinski definition) is 3. The summed E-state index contributed by atoms with van der Waals surface area (Å²) < 4.78 is 0.943. The number of aryl methyl sites for hydroxylation is 1. The van der Waals surface area contributed by atoms with E-state index >= 15 is 0 Å². The van der Waals surface area contributed by atoms with E-state index in [9.17, 15) is 9.59 Å². The predicted octanol–water partition coefficient (Wildman–Crippen LogP) is 4.50. The zero-order chi connectivity index (χ0) is 22.2. The highest BCUT2D eigenvalue weighted by atomic mass is 79.9. The summed E-state index contributed by atoms with van der Waals surface area (Å²) in [4.78, 5) is 31.9. The van der Waals surface area contributed by atoms with Crippen molar-refractivity contribution in [1.29, 1.82) is 0 Å². The molecule has 168 valence electrons. The first-order valence-corrected chi connectivity index (χ1v) is 12.4. The van der Waals surface area contributed by atoms with E-state index in [1.54, 1.807) is 0 Å². The quantitative estimate of drug-likeness (QED) is 0.421. The van der Waals surface area contributed by atoms with Gasteiger partial charge in [0, 0.05) is 33.7 Å². The molecule has 1 saturated heterocycles. The molecular weight excluding hydrogens is 468 g/mol. The normalized spacial score (nSPS) is 20.2. The van der Waals surface area contributed by atoms with Crippen molar-refractivity contribution in [1.82, 2.24) is 15.2 Å². The first kappa shape index (κ1) is 21.5. The maximum atomic E-state index is 13.1. The van der Waals surface area contributed by atoms with Crippen molar-refractivity contribution in [3.8, 4) is 0 Å². The van der Waals surface area contributed by atoms with Crippen molar-refractivity contribution in [3.63, 3.8) is 0 Å². The molecule has 1 aromatic heterocycles. The van der Waals surface area contributed by atoms with Gasteiger partial charge in [-0.05, 0) is 94.4 Å². The molecule has 7 heteroatoms. The molecule has 0 atom stereocenters. The minimum absolute atomic E-state index is 0.00769. The molecule has 3 aliphatic rings. The van der Waals surface area contributed by atoms with Crippen LogP contribution in [0.2, 0.25) is 0 Å². The summed E-state index contributed by atoms with van der Waals surface area (Å²) in [5.41, 5.74) is 7.13. The highest BCUT2D eigenvalue weighted by Gasteiger charge is 2.33. The van der Waals surface area contributed by atoms with Crippen LogP contribution in [0.4, 0.5) is 5.69 Å². The number of nitrogens with zero attached hydrogens (tertiary/aromatic N) is 1. The lowest BCUT2D eigenvalue weighted by molar-refractivity contribution is -0.110. The number of aromatic nitrogens is 1. The molecule has 32 heavy (non-hydrogen) atoms. The van der Waals surface area contributed by atoms with Crippen molar-refractivity contribution >= 4 is 44.6 Å². The minimum Gasteiger partial charge on any atom is -0.358 e. The molecule has 0 saturated carbocycles. The number of carbonyl (C=O) groups excluding carboxylic acids is 2. The molecule has 1 fully saturated rings. The molecule has 3 N–H and O–H groups in total. The minimum atomic E-state index is -0.0684. The second kappa shape index (κ2) is 8.87. The van der Waals surface area contributed by atoms with Gasteiger partial charge in [0.1, 0.15) is 0 Å². The van der Waals surface area contributed by atoms with E-state index in [0.717, 1.165) is 81.6 Å². The SMILES string of the molecule is Cc1[nH]c2c(c1C(=O)NCCCN1CCCC1)CCCC2=C1C(=O)Nc2ccc(Br)cc21. The fourth-order valence-corrected chi connectivity index (χ4v) is 5.71. The molecular formula is C25H29BrN4O2. The Morgan fingerprint density at radius 2 is 2.00 bits per heavy atom. The lowest BCUT2D eigenvalue weighted by Crippen LogP contribution is -2.29. The molecule has 0 spiro atoms. The third-order valence-corrected chi connectivity index (χ3v) is 7.33. The average molecular weight is 497 g/mol. The van der Waals surface area contributed by atoms with Gasteiger partial charge in [-0.15, -0.1) is 0 Å². The fraction of sp³-hybridized carbons (Fsp3) is 0.440. The Balaban J connectivity index is 1.40. The van der Waals surface area contributed by atoms with E-state index in [-0.39, 0.29) is 11.8 Å². The van der Waals surface area contributed by atoms with Gasteiger partial charge < -0.3 is 20.5 Å². The first-order chi connectivity index (χ1) is 15.5. The molecule has 0 unspecified atom stereocenters. The van der Waals surface area contributed by atoms with Crippen LogP contribution in [0.15, 0.2) is 22.7 Å². The summed E-state index contributed by atoms with van der Waals surface area (Å²) >= 11 is 3.53. The van der Waals surface area contributed by atoms with Crippen LogP contribution in [-0.2, 0) is 11.2 Å². The highest BCUT2D eigenvalue weighted by Crippen LogP contribution is 2.43. The molecule has 0 radical (unpaired) electrons. The van der Waals surface area contributed by atoms with Crippen LogP contribution in [0.3, 0.4) is 0 Å². The first-order valence-electron chi connectivity index (χ1n) is 11.6. The van der Waals surface area contributed by atoms with Gasteiger partial charge >= 0.3 is 0 Å². The number of amides is 2. The predicted molar refractivity (Wildman–Crippen MR) is 131 cm³/mol. The molecule has 2 amide bonds. The number of H-pyrrole nitrogens is 1. The van der Waals surface area contributed by atoms with E-state index in [2.05, 4.69) is 36.4 Å². The van der Waals surface area contributed by atoms with Gasteiger partial charge in [0.25, 0.3) is 11.8 Å². The lowest BCUT2D eigenvalue weighted by Gasteiger charge is -2.19. The molecule has 0 bridgehead atoms. The van der Waals surface area contributed by atoms with E-state index in [4.69, 9.17) is 0 Å². The second-order valence-electron chi connectivity index (χ2n) is 8.99. The topological polar surface area (TPSA) is 77.2 Å². The zero-order valence-corrected chi connectivity index (χ0v) is 20.0. The monoisotopic (exact) mass is 496 g/mol. The maximum Gasteiger partial charge on any atom is 0.256 e. The van der Waals surface area contributed by atoms with Crippen LogP contribution in [0.5, 0.6) is 0 Å². The number of aromatic amines is 1. The summed E-state index contributed by atoms with van der Waals surface area (Å²) in [6, 6.07) is 5.85. The average Bonchev–Trinajstić information content (AvgIpc) is 3.47. The third kappa shape index (κ3) is 3.92. The van der Waals surface area contributed by atoms with Crippen molar-refractivity contribution in [3.05, 3.63) is 50.8 Å². The number of hydrogen-bond acceptors (Lipinski definition) is 3. The number of rotatable bonds is 5. The maximum absolute atomic E-state index is 13.1. The van der Waals surface area contributed by atoms with E-state index in [0.29, 0.717) is 6.54 Å². The van der Waals surface area contributed by atoms with E-state index in [1.165, 1.54) is 25.9 Å². The zero-order valence-electron chi connectivity index (χ0n) is 18.4. The number of likely N-dealkylation sites (tertiary alicyclic amines) is 1. The van der Waals surface area contributed by atoms with Gasteiger partial charge in [-0.3, -0.25) is 9.59 Å². The summed E-state index contributed by atoms with van der Waals surface area (Å²) in [6.45, 7) is 6.06. The summed E-state index contributed by atoms with van der Waals surface area (Å²) in [7, 11) is 0. The van der Waals surface area contributed by atoms with Crippen LogP contribution in [0.25, 0.3) is 11.1 Å². The van der Waals surface area contributed by atoms with Crippen LogP contribution < -0.4 is 10.6 Å². The van der Waals surface area contributed by atoms with Gasteiger partial charge in [0.2, 0.25) is 0 Å². The fourth-order valence-electron chi connectivity index (χ4n) is 5.35. The van der Waals surface area contributed by atoms with Crippen molar-refractivity contribution < 1.29 is 9.59 Å². The molecule has 2 aromatic rings. The number of benzene rings is 1. The van der Waals surface area contributed by atoms with E-state index < -0.39 is 0 Å². The number of allylic oxidation sites excluding steroid dienone is 1. The third-order valence-electron chi connectivity index (χ3n) is 6.84.